The van der Waals surface area contributed by atoms with E-state index in [1.807, 2.05) is 0 Å². The van der Waals surface area contributed by atoms with Crippen molar-refractivity contribution in [1.29, 1.82) is 0 Å². The number of nitrogens with one attached hydrogen (secondary N) is 1. The first-order chi connectivity index (χ1) is 15.1. The predicted molar refractivity (Wildman–Crippen MR) is 99.3 cm³/mol. The lowest BCUT2D eigenvalue weighted by molar-refractivity contribution is -0.328. The summed E-state index contributed by atoms with van der Waals surface area (Å²) in [6.07, 6.45) is -5.58. The lowest BCUT2D eigenvalue weighted by Crippen LogP contribution is -2.66. The smallest absolute Gasteiger partial charge is 0.392 e. The van der Waals surface area contributed by atoms with Gasteiger partial charge in [0.15, 0.2) is 0 Å². The maximum absolute atomic E-state index is 14.0. The fourth-order valence-electron chi connectivity index (χ4n) is 3.12. The van der Waals surface area contributed by atoms with Gasteiger partial charge in [-0.15, -0.1) is 0 Å². The molecule has 1 aliphatic carbocycles. The van der Waals surface area contributed by atoms with Crippen molar-refractivity contribution in [2.75, 3.05) is 6.61 Å². The van der Waals surface area contributed by atoms with Gasteiger partial charge in [-0.1, -0.05) is 13.8 Å². The average molecular weight is 498 g/mol. The first kappa shape index (κ1) is 29.1. The van der Waals surface area contributed by atoms with Crippen molar-refractivity contribution in [2.24, 2.45) is 5.73 Å². The molecule has 0 saturated heterocycles. The van der Waals surface area contributed by atoms with E-state index in [9.17, 15) is 44.7 Å². The van der Waals surface area contributed by atoms with Gasteiger partial charge in [-0.25, -0.2) is 13.6 Å². The quantitative estimate of drug-likeness (QED) is 0.337. The molecule has 0 spiro atoms. The van der Waals surface area contributed by atoms with Gasteiger partial charge in [0.05, 0.1) is 24.9 Å². The summed E-state index contributed by atoms with van der Waals surface area (Å²) in [5.74, 6) is -23.2. The molecule has 0 fully saturated rings. The zero-order valence-corrected chi connectivity index (χ0v) is 18.0. The molecule has 0 aromatic carbocycles. The third-order valence-corrected chi connectivity index (χ3v) is 5.10. The maximum Gasteiger partial charge on any atom is 0.392 e. The summed E-state index contributed by atoms with van der Waals surface area (Å²) in [7, 11) is 0. The number of halogens is 8. The molecule has 14 heteroatoms. The Hall–Kier alpha value is -1.96. The summed E-state index contributed by atoms with van der Waals surface area (Å²) in [4.78, 5) is 24.0. The molecule has 0 radical (unpaired) electrons. The third-order valence-electron chi connectivity index (χ3n) is 5.10. The van der Waals surface area contributed by atoms with E-state index < -0.39 is 60.4 Å². The third kappa shape index (κ3) is 5.94. The number of alkyl halides is 8. The first-order valence-corrected chi connectivity index (χ1v) is 10.1. The van der Waals surface area contributed by atoms with Crippen LogP contribution in [0.1, 0.15) is 40.0 Å². The Bertz CT molecular complexity index is 729. The second-order valence-electron chi connectivity index (χ2n) is 7.39. The molecule has 6 nitrogen and oxygen atoms in total. The molecule has 0 aromatic heterocycles. The molecule has 3 N–H and O–H groups in total. The molecular formula is C19H26F8N2O4. The van der Waals surface area contributed by atoms with Crippen LogP contribution in [0.2, 0.25) is 0 Å². The SMILES string of the molecule is CCOC(=O)C1=CC(OC(CC)CC)C(NC(=O)C(F)(F)C(F)(F)C(F)(F)C(F)F)C(N)C1. The van der Waals surface area contributed by atoms with Crippen molar-refractivity contribution in [3.63, 3.8) is 0 Å². The predicted octanol–water partition coefficient (Wildman–Crippen LogP) is 3.44. The van der Waals surface area contributed by atoms with Crippen LogP contribution in [0.25, 0.3) is 0 Å². The molecular weight excluding hydrogens is 472 g/mol. The Morgan fingerprint density at radius 2 is 1.67 bits per heavy atom. The normalized spacial score (nSPS) is 22.4. The van der Waals surface area contributed by atoms with Crippen molar-refractivity contribution in [3.05, 3.63) is 11.6 Å². The van der Waals surface area contributed by atoms with Gasteiger partial charge in [-0.2, -0.15) is 26.3 Å². The highest BCUT2D eigenvalue weighted by atomic mass is 19.4. The first-order valence-electron chi connectivity index (χ1n) is 10.1. The lowest BCUT2D eigenvalue weighted by Gasteiger charge is -2.38. The molecule has 0 bridgehead atoms. The second kappa shape index (κ2) is 11.0. The minimum Gasteiger partial charge on any atom is -0.463 e. The van der Waals surface area contributed by atoms with Crippen LogP contribution in [0.5, 0.6) is 0 Å². The van der Waals surface area contributed by atoms with Crippen LogP contribution in [0.15, 0.2) is 11.6 Å². The van der Waals surface area contributed by atoms with Crippen LogP contribution < -0.4 is 11.1 Å². The van der Waals surface area contributed by atoms with Crippen LogP contribution in [0.3, 0.4) is 0 Å². The van der Waals surface area contributed by atoms with Crippen molar-refractivity contribution in [1.82, 2.24) is 5.32 Å². The van der Waals surface area contributed by atoms with E-state index in [-0.39, 0.29) is 18.6 Å². The number of rotatable bonds is 11. The number of amides is 1. The van der Waals surface area contributed by atoms with E-state index in [1.54, 1.807) is 13.8 Å². The van der Waals surface area contributed by atoms with E-state index in [0.29, 0.717) is 12.8 Å². The molecule has 1 rings (SSSR count). The van der Waals surface area contributed by atoms with Crippen LogP contribution in [0.4, 0.5) is 35.1 Å². The monoisotopic (exact) mass is 498 g/mol. The number of nitrogens with two attached hydrogens (primary N) is 1. The van der Waals surface area contributed by atoms with E-state index in [4.69, 9.17) is 15.2 Å². The Balaban J connectivity index is 3.29. The molecule has 1 amide bonds. The standard InChI is InChI=1S/C19H26F8N2O4/c1-4-10(5-2)33-12-8-9(14(30)32-6-3)7-11(28)13(12)29-16(31)18(24,25)19(26,27)17(22,23)15(20)21/h8,10-13,15H,4-7,28H2,1-3H3,(H,29,31). The molecule has 0 heterocycles. The van der Waals surface area contributed by atoms with Crippen molar-refractivity contribution >= 4 is 11.9 Å². The lowest BCUT2D eigenvalue weighted by atomic mass is 9.87. The topological polar surface area (TPSA) is 90.6 Å². The fraction of sp³-hybridized carbons (Fsp3) is 0.789. The Kier molecular flexibility index (Phi) is 9.67. The maximum atomic E-state index is 14.0. The summed E-state index contributed by atoms with van der Waals surface area (Å²) in [6.45, 7) is 4.90. The van der Waals surface area contributed by atoms with Crippen LogP contribution in [-0.4, -0.2) is 67.0 Å². The van der Waals surface area contributed by atoms with Crippen molar-refractivity contribution < 1.29 is 54.2 Å². The van der Waals surface area contributed by atoms with Crippen LogP contribution in [-0.2, 0) is 19.1 Å². The molecule has 0 aromatic rings. The van der Waals surface area contributed by atoms with E-state index in [2.05, 4.69) is 0 Å². The average Bonchev–Trinajstić information content (AvgIpc) is 2.73. The van der Waals surface area contributed by atoms with Crippen LogP contribution in [0, 0.1) is 0 Å². The summed E-state index contributed by atoms with van der Waals surface area (Å²) >= 11 is 0. The zero-order valence-electron chi connectivity index (χ0n) is 18.0. The van der Waals surface area contributed by atoms with Crippen LogP contribution >= 0.6 is 0 Å². The highest BCUT2D eigenvalue weighted by Crippen LogP contribution is 2.48. The summed E-state index contributed by atoms with van der Waals surface area (Å²) < 4.78 is 117. The molecule has 33 heavy (non-hydrogen) atoms. The van der Waals surface area contributed by atoms with E-state index in [0.717, 1.165) is 6.08 Å². The van der Waals surface area contributed by atoms with Gasteiger partial charge >= 0.3 is 30.2 Å². The summed E-state index contributed by atoms with van der Waals surface area (Å²) in [6, 6.07) is -3.03. The molecule has 3 unspecified atom stereocenters. The van der Waals surface area contributed by atoms with Gasteiger partial charge in [-0.05, 0) is 32.3 Å². The van der Waals surface area contributed by atoms with Gasteiger partial charge in [-0.3, -0.25) is 4.79 Å². The summed E-state index contributed by atoms with van der Waals surface area (Å²) in [5.41, 5.74) is 5.81. The molecule has 3 atom stereocenters. The molecule has 0 saturated carbocycles. The summed E-state index contributed by atoms with van der Waals surface area (Å²) in [5, 5.41) is 1.43. The zero-order chi connectivity index (χ0) is 25.8. The number of carbonyl (C=O) groups excluding carboxylic acids is 2. The van der Waals surface area contributed by atoms with Gasteiger partial charge in [0.25, 0.3) is 5.91 Å². The molecule has 1 aliphatic rings. The van der Waals surface area contributed by atoms with Gasteiger partial charge in [0.1, 0.15) is 0 Å². The second-order valence-corrected chi connectivity index (χ2v) is 7.39. The number of carbonyl (C=O) groups is 2. The number of hydrogen-bond acceptors (Lipinski definition) is 5. The Morgan fingerprint density at radius 3 is 2.12 bits per heavy atom. The van der Waals surface area contributed by atoms with Crippen molar-refractivity contribution in [3.8, 4) is 0 Å². The van der Waals surface area contributed by atoms with E-state index in [1.165, 1.54) is 12.2 Å². The Morgan fingerprint density at radius 1 is 1.12 bits per heavy atom. The molecule has 0 aliphatic heterocycles. The number of esters is 1. The number of hydrogen-bond donors (Lipinski definition) is 2. The van der Waals surface area contributed by atoms with Gasteiger partial charge in [0, 0.05) is 11.6 Å². The van der Waals surface area contributed by atoms with Crippen molar-refractivity contribution in [2.45, 2.75) is 88.5 Å². The van der Waals surface area contributed by atoms with E-state index >= 15 is 0 Å². The Labute approximate surface area is 184 Å². The number of ether oxygens (including phenoxy) is 2. The minimum absolute atomic E-state index is 0.0106. The fourth-order valence-corrected chi connectivity index (χ4v) is 3.12. The highest BCUT2D eigenvalue weighted by molar-refractivity contribution is 5.89. The van der Waals surface area contributed by atoms with Gasteiger partial charge < -0.3 is 20.5 Å². The minimum atomic E-state index is -6.71. The highest BCUT2D eigenvalue weighted by Gasteiger charge is 2.78. The van der Waals surface area contributed by atoms with Gasteiger partial charge in [0.2, 0.25) is 0 Å². The largest absolute Gasteiger partial charge is 0.463 e. The molecule has 192 valence electrons.